The van der Waals surface area contributed by atoms with Gasteiger partial charge in [0.15, 0.2) is 0 Å². The van der Waals surface area contributed by atoms with Crippen LogP contribution >= 0.6 is 23.2 Å². The fourth-order valence-corrected chi connectivity index (χ4v) is 1.62. The van der Waals surface area contributed by atoms with Gasteiger partial charge in [0.05, 0.1) is 15.7 Å². The monoisotopic (exact) mass is 242 g/mol. The van der Waals surface area contributed by atoms with Crippen LogP contribution in [-0.4, -0.2) is 9.78 Å². The van der Waals surface area contributed by atoms with E-state index in [0.29, 0.717) is 15.7 Å². The molecule has 5 heteroatoms. The zero-order valence-electron chi connectivity index (χ0n) is 7.92. The van der Waals surface area contributed by atoms with Gasteiger partial charge in [-0.2, -0.15) is 0 Å². The Balaban J connectivity index is 2.59. The normalized spacial score (nSPS) is 10.6. The molecular weight excluding hydrogens is 235 g/mol. The quantitative estimate of drug-likeness (QED) is 0.821. The van der Waals surface area contributed by atoms with Crippen molar-refractivity contribution in [1.29, 1.82) is 0 Å². The first kappa shape index (κ1) is 10.3. The van der Waals surface area contributed by atoms with E-state index < -0.39 is 0 Å². The molecule has 1 heterocycles. The molecule has 0 fully saturated rings. The van der Waals surface area contributed by atoms with E-state index in [1.165, 1.54) is 10.7 Å². The second-order valence-corrected chi connectivity index (χ2v) is 4.03. The van der Waals surface area contributed by atoms with E-state index in [1.807, 2.05) is 6.92 Å². The molecule has 0 bridgehead atoms. The fourth-order valence-electron chi connectivity index (χ4n) is 1.33. The van der Waals surface area contributed by atoms with Crippen LogP contribution in [0.3, 0.4) is 0 Å². The van der Waals surface area contributed by atoms with Crippen molar-refractivity contribution < 1.29 is 0 Å². The number of hydrogen-bond acceptors (Lipinski definition) is 1. The third kappa shape index (κ3) is 1.94. The molecular formula is C10H8Cl2N2O. The van der Waals surface area contributed by atoms with Crippen LogP contribution in [0.25, 0.3) is 5.69 Å². The van der Waals surface area contributed by atoms with Gasteiger partial charge in [0.1, 0.15) is 0 Å². The molecule has 0 saturated heterocycles. The first-order valence-electron chi connectivity index (χ1n) is 4.32. The van der Waals surface area contributed by atoms with E-state index in [1.54, 1.807) is 18.2 Å². The minimum Gasteiger partial charge on any atom is -0.295 e. The lowest BCUT2D eigenvalue weighted by atomic mass is 10.3. The maximum absolute atomic E-state index is 11.5. The molecule has 0 radical (unpaired) electrons. The summed E-state index contributed by atoms with van der Waals surface area (Å²) in [6.45, 7) is 1.81. The molecule has 15 heavy (non-hydrogen) atoms. The van der Waals surface area contributed by atoms with Crippen LogP contribution in [0.5, 0.6) is 0 Å². The Morgan fingerprint density at radius 1 is 1.20 bits per heavy atom. The number of aryl methyl sites for hydroxylation is 1. The molecule has 0 atom stereocenters. The highest BCUT2D eigenvalue weighted by molar-refractivity contribution is 6.42. The number of nitrogens with one attached hydrogen (secondary N) is 1. The molecule has 0 unspecified atom stereocenters. The van der Waals surface area contributed by atoms with Crippen molar-refractivity contribution in [2.75, 3.05) is 0 Å². The highest BCUT2D eigenvalue weighted by Gasteiger charge is 2.04. The average Bonchev–Trinajstić information content (AvgIpc) is 2.50. The van der Waals surface area contributed by atoms with E-state index in [4.69, 9.17) is 23.2 Å². The van der Waals surface area contributed by atoms with Crippen molar-refractivity contribution in [3.63, 3.8) is 0 Å². The number of H-pyrrole nitrogens is 1. The van der Waals surface area contributed by atoms with Crippen molar-refractivity contribution >= 4 is 23.2 Å². The van der Waals surface area contributed by atoms with Gasteiger partial charge in [-0.05, 0) is 25.1 Å². The largest absolute Gasteiger partial charge is 0.295 e. The van der Waals surface area contributed by atoms with Crippen molar-refractivity contribution in [2.24, 2.45) is 0 Å². The minimum absolute atomic E-state index is 0.120. The molecule has 0 aliphatic rings. The van der Waals surface area contributed by atoms with Gasteiger partial charge in [-0.15, -0.1) is 0 Å². The van der Waals surface area contributed by atoms with Gasteiger partial charge < -0.3 is 0 Å². The van der Waals surface area contributed by atoms with Crippen LogP contribution in [0, 0.1) is 6.92 Å². The SMILES string of the molecule is Cc1cc(=O)n(-c2ccc(Cl)c(Cl)c2)[nH]1. The summed E-state index contributed by atoms with van der Waals surface area (Å²) in [7, 11) is 0. The summed E-state index contributed by atoms with van der Waals surface area (Å²) in [5, 5.41) is 3.80. The summed E-state index contributed by atoms with van der Waals surface area (Å²) >= 11 is 11.6. The van der Waals surface area contributed by atoms with E-state index in [-0.39, 0.29) is 5.56 Å². The van der Waals surface area contributed by atoms with Crippen molar-refractivity contribution in [2.45, 2.75) is 6.92 Å². The average molecular weight is 243 g/mol. The summed E-state index contributed by atoms with van der Waals surface area (Å²) in [4.78, 5) is 11.5. The van der Waals surface area contributed by atoms with Gasteiger partial charge in [-0.1, -0.05) is 23.2 Å². The molecule has 0 aliphatic carbocycles. The Morgan fingerprint density at radius 2 is 1.93 bits per heavy atom. The Labute approximate surface area is 96.2 Å². The zero-order chi connectivity index (χ0) is 11.0. The first-order valence-corrected chi connectivity index (χ1v) is 5.07. The van der Waals surface area contributed by atoms with Crippen LogP contribution in [0.4, 0.5) is 0 Å². The topological polar surface area (TPSA) is 37.8 Å². The fraction of sp³-hybridized carbons (Fsp3) is 0.100. The van der Waals surface area contributed by atoms with Crippen molar-refractivity contribution in [3.05, 3.63) is 50.4 Å². The minimum atomic E-state index is -0.120. The highest BCUT2D eigenvalue weighted by atomic mass is 35.5. The number of aromatic nitrogens is 2. The van der Waals surface area contributed by atoms with Crippen LogP contribution in [-0.2, 0) is 0 Å². The number of aromatic amines is 1. The molecule has 0 amide bonds. The predicted octanol–water partition coefficient (Wildman–Crippen LogP) is 2.78. The lowest BCUT2D eigenvalue weighted by Crippen LogP contribution is -2.13. The molecule has 2 aromatic rings. The number of benzene rings is 1. The predicted molar refractivity (Wildman–Crippen MR) is 61.1 cm³/mol. The van der Waals surface area contributed by atoms with Gasteiger partial charge in [-0.25, -0.2) is 4.68 Å². The summed E-state index contributed by atoms with van der Waals surface area (Å²) in [6.07, 6.45) is 0. The Morgan fingerprint density at radius 3 is 2.47 bits per heavy atom. The molecule has 78 valence electrons. The molecule has 3 nitrogen and oxygen atoms in total. The van der Waals surface area contributed by atoms with Gasteiger partial charge in [0, 0.05) is 11.8 Å². The molecule has 2 rings (SSSR count). The summed E-state index contributed by atoms with van der Waals surface area (Å²) in [5.41, 5.74) is 1.35. The lowest BCUT2D eigenvalue weighted by molar-refractivity contribution is 0.835. The Bertz CT molecular complexity index is 557. The van der Waals surface area contributed by atoms with Crippen LogP contribution in [0.1, 0.15) is 5.69 Å². The van der Waals surface area contributed by atoms with Crippen molar-refractivity contribution in [1.82, 2.24) is 9.78 Å². The number of rotatable bonds is 1. The molecule has 0 aliphatic heterocycles. The number of hydrogen-bond donors (Lipinski definition) is 1. The summed E-state index contributed by atoms with van der Waals surface area (Å²) in [6, 6.07) is 6.54. The first-order chi connectivity index (χ1) is 7.08. The second-order valence-electron chi connectivity index (χ2n) is 3.21. The molecule has 0 saturated carbocycles. The maximum Gasteiger partial charge on any atom is 0.271 e. The number of nitrogens with zero attached hydrogens (tertiary/aromatic N) is 1. The standard InChI is InChI=1S/C10H8Cl2N2O/c1-6-4-10(15)14(13-6)7-2-3-8(11)9(12)5-7/h2-5,13H,1H3. The molecule has 1 aromatic heterocycles. The third-order valence-corrected chi connectivity index (χ3v) is 2.75. The number of halogens is 2. The lowest BCUT2D eigenvalue weighted by Gasteiger charge is -2.03. The zero-order valence-corrected chi connectivity index (χ0v) is 9.43. The van der Waals surface area contributed by atoms with Gasteiger partial charge >= 0.3 is 0 Å². The van der Waals surface area contributed by atoms with Gasteiger partial charge in [0.2, 0.25) is 0 Å². The molecule has 0 spiro atoms. The van der Waals surface area contributed by atoms with Crippen LogP contribution < -0.4 is 5.56 Å². The van der Waals surface area contributed by atoms with E-state index >= 15 is 0 Å². The van der Waals surface area contributed by atoms with E-state index in [0.717, 1.165) is 5.69 Å². The van der Waals surface area contributed by atoms with Crippen LogP contribution in [0.15, 0.2) is 29.1 Å². The molecule has 1 aromatic carbocycles. The van der Waals surface area contributed by atoms with E-state index in [9.17, 15) is 4.79 Å². The van der Waals surface area contributed by atoms with Crippen molar-refractivity contribution in [3.8, 4) is 5.69 Å². The second kappa shape index (κ2) is 3.76. The Kier molecular flexibility index (Phi) is 2.59. The summed E-state index contributed by atoms with van der Waals surface area (Å²) in [5.74, 6) is 0. The maximum atomic E-state index is 11.5. The summed E-state index contributed by atoms with van der Waals surface area (Å²) < 4.78 is 1.41. The van der Waals surface area contributed by atoms with Gasteiger partial charge in [-0.3, -0.25) is 9.89 Å². The Hall–Kier alpha value is -1.19. The van der Waals surface area contributed by atoms with Gasteiger partial charge in [0.25, 0.3) is 5.56 Å². The highest BCUT2D eigenvalue weighted by Crippen LogP contribution is 2.23. The smallest absolute Gasteiger partial charge is 0.271 e. The third-order valence-electron chi connectivity index (χ3n) is 2.01. The van der Waals surface area contributed by atoms with E-state index in [2.05, 4.69) is 5.10 Å². The molecule has 1 N–H and O–H groups in total. The van der Waals surface area contributed by atoms with Crippen LogP contribution in [0.2, 0.25) is 10.0 Å².